The Morgan fingerprint density at radius 1 is 1.13 bits per heavy atom. The maximum Gasteiger partial charge on any atom is 0.328 e. The third kappa shape index (κ3) is 10.1. The van der Waals surface area contributed by atoms with Gasteiger partial charge in [0.2, 0.25) is 6.79 Å². The van der Waals surface area contributed by atoms with Crippen molar-refractivity contribution >= 4 is 17.8 Å². The van der Waals surface area contributed by atoms with E-state index in [-0.39, 0.29) is 29.2 Å². The summed E-state index contributed by atoms with van der Waals surface area (Å²) >= 11 is 0. The molecule has 1 saturated carbocycles. The Kier molecular flexibility index (Phi) is 12.8. The van der Waals surface area contributed by atoms with Crippen LogP contribution in [0.15, 0.2) is 12.3 Å². The van der Waals surface area contributed by atoms with Crippen LogP contribution in [0.2, 0.25) is 0 Å². The molecular weight excluding hydrogens is 492 g/mol. The van der Waals surface area contributed by atoms with E-state index in [4.69, 9.17) is 23.7 Å². The SMILES string of the molecule is CC[C@H](CCC(C)C)[C@@H](OCC1CC1)[C@H](C)OC(=O)[C@H](C)NC(=O)c1nccc(OC)c1OCOC(C)=O. The quantitative estimate of drug-likeness (QED) is 0.229. The van der Waals surface area contributed by atoms with Crippen LogP contribution in [0.4, 0.5) is 0 Å². The van der Waals surface area contributed by atoms with Crippen LogP contribution in [0, 0.1) is 17.8 Å². The first kappa shape index (κ1) is 31.3. The van der Waals surface area contributed by atoms with Gasteiger partial charge in [0.05, 0.1) is 13.2 Å². The normalized spacial score (nSPS) is 16.2. The molecule has 4 atom stereocenters. The van der Waals surface area contributed by atoms with Gasteiger partial charge in [-0.2, -0.15) is 0 Å². The zero-order valence-electron chi connectivity index (χ0n) is 23.8. The molecule has 0 aliphatic heterocycles. The van der Waals surface area contributed by atoms with Gasteiger partial charge in [0.15, 0.2) is 17.2 Å². The number of methoxy groups -OCH3 is 1. The Morgan fingerprint density at radius 3 is 2.42 bits per heavy atom. The number of esters is 2. The Labute approximate surface area is 226 Å². The van der Waals surface area contributed by atoms with Crippen LogP contribution >= 0.6 is 0 Å². The van der Waals surface area contributed by atoms with E-state index in [9.17, 15) is 14.4 Å². The van der Waals surface area contributed by atoms with Gasteiger partial charge < -0.3 is 29.0 Å². The lowest BCUT2D eigenvalue weighted by molar-refractivity contribution is -0.162. The first-order valence-electron chi connectivity index (χ1n) is 13.5. The summed E-state index contributed by atoms with van der Waals surface area (Å²) in [5.74, 6) is -0.127. The molecule has 0 aromatic carbocycles. The maximum atomic E-state index is 13.0. The Balaban J connectivity index is 2.06. The summed E-state index contributed by atoms with van der Waals surface area (Å²) in [5.41, 5.74) is -0.116. The maximum absolute atomic E-state index is 13.0. The van der Waals surface area contributed by atoms with Gasteiger partial charge >= 0.3 is 11.9 Å². The monoisotopic (exact) mass is 536 g/mol. The molecule has 0 spiro atoms. The van der Waals surface area contributed by atoms with Crippen molar-refractivity contribution in [3.05, 3.63) is 18.0 Å². The van der Waals surface area contributed by atoms with E-state index in [0.717, 1.165) is 19.3 Å². The number of carbonyl (C=O) groups is 3. The highest BCUT2D eigenvalue weighted by atomic mass is 16.7. The molecule has 1 aromatic rings. The molecule has 2 rings (SSSR count). The summed E-state index contributed by atoms with van der Waals surface area (Å²) in [7, 11) is 1.41. The molecule has 214 valence electrons. The number of aromatic nitrogens is 1. The van der Waals surface area contributed by atoms with E-state index < -0.39 is 36.8 Å². The van der Waals surface area contributed by atoms with Crippen molar-refractivity contribution in [1.29, 1.82) is 0 Å². The molecule has 0 unspecified atom stereocenters. The number of nitrogens with one attached hydrogen (secondary N) is 1. The summed E-state index contributed by atoms with van der Waals surface area (Å²) in [5, 5.41) is 2.61. The van der Waals surface area contributed by atoms with Crippen LogP contribution in [0.25, 0.3) is 0 Å². The van der Waals surface area contributed by atoms with Crippen LogP contribution < -0.4 is 14.8 Å². The minimum absolute atomic E-state index is 0.00725. The molecule has 1 N–H and O–H groups in total. The van der Waals surface area contributed by atoms with Gasteiger partial charge in [-0.25, -0.2) is 9.78 Å². The number of rotatable bonds is 17. The topological polar surface area (TPSA) is 122 Å². The van der Waals surface area contributed by atoms with Crippen molar-refractivity contribution in [3.8, 4) is 11.5 Å². The second kappa shape index (κ2) is 15.5. The van der Waals surface area contributed by atoms with Crippen LogP contribution in [0.3, 0.4) is 0 Å². The van der Waals surface area contributed by atoms with Crippen molar-refractivity contribution in [3.63, 3.8) is 0 Å². The molecule has 1 amide bonds. The molecule has 1 heterocycles. The summed E-state index contributed by atoms with van der Waals surface area (Å²) in [6.07, 6.45) is 6.03. The lowest BCUT2D eigenvalue weighted by Gasteiger charge is -2.32. The third-order valence-electron chi connectivity index (χ3n) is 6.56. The van der Waals surface area contributed by atoms with E-state index in [1.54, 1.807) is 6.92 Å². The fraction of sp³-hybridized carbons (Fsp3) is 0.714. The highest BCUT2D eigenvalue weighted by Crippen LogP contribution is 2.32. The Morgan fingerprint density at radius 2 is 1.84 bits per heavy atom. The fourth-order valence-electron chi connectivity index (χ4n) is 4.07. The molecule has 0 saturated heterocycles. The molecular formula is C28H44N2O8. The first-order valence-corrected chi connectivity index (χ1v) is 13.5. The molecule has 1 aliphatic carbocycles. The lowest BCUT2D eigenvalue weighted by Crippen LogP contribution is -2.44. The molecule has 0 bridgehead atoms. The number of ether oxygens (including phenoxy) is 5. The van der Waals surface area contributed by atoms with Crippen LogP contribution in [0.5, 0.6) is 11.5 Å². The van der Waals surface area contributed by atoms with Crippen molar-refractivity contribution < 1.29 is 38.1 Å². The molecule has 0 radical (unpaired) electrons. The first-order chi connectivity index (χ1) is 18.1. The lowest BCUT2D eigenvalue weighted by atomic mass is 9.88. The average molecular weight is 537 g/mol. The number of hydrogen-bond acceptors (Lipinski definition) is 9. The highest BCUT2D eigenvalue weighted by Gasteiger charge is 2.33. The fourth-order valence-corrected chi connectivity index (χ4v) is 4.07. The molecule has 1 aliphatic rings. The predicted molar refractivity (Wildman–Crippen MR) is 141 cm³/mol. The van der Waals surface area contributed by atoms with Gasteiger partial charge in [-0.15, -0.1) is 0 Å². The zero-order valence-corrected chi connectivity index (χ0v) is 23.8. The second-order valence-electron chi connectivity index (χ2n) is 10.3. The summed E-state index contributed by atoms with van der Waals surface area (Å²) < 4.78 is 27.6. The molecule has 1 aromatic heterocycles. The van der Waals surface area contributed by atoms with Crippen molar-refractivity contribution in [1.82, 2.24) is 10.3 Å². The summed E-state index contributed by atoms with van der Waals surface area (Å²) in [4.78, 5) is 41.1. The van der Waals surface area contributed by atoms with Crippen LogP contribution in [-0.4, -0.2) is 61.6 Å². The summed E-state index contributed by atoms with van der Waals surface area (Å²) in [6.45, 7) is 11.4. The third-order valence-corrected chi connectivity index (χ3v) is 6.56. The number of carbonyl (C=O) groups excluding carboxylic acids is 3. The standard InChI is InChI=1S/C28H44N2O8/c1-8-22(12-9-17(2)3)25(35-15-21-10-11-21)19(5)38-28(33)18(4)30-27(32)24-26(37-16-36-20(6)31)23(34-7)13-14-29-24/h13-14,17-19,21-22,25H,8-12,15-16H2,1-7H3,(H,30,32)/t18-,19-,22+,25-/m0/s1. The van der Waals surface area contributed by atoms with E-state index in [1.165, 1.54) is 39.1 Å². The van der Waals surface area contributed by atoms with Gasteiger partial charge in [-0.3, -0.25) is 9.59 Å². The molecule has 10 nitrogen and oxygen atoms in total. The van der Waals surface area contributed by atoms with Gasteiger partial charge in [-0.05, 0) is 50.9 Å². The van der Waals surface area contributed by atoms with Gasteiger partial charge in [0.25, 0.3) is 5.91 Å². The number of amides is 1. The zero-order chi connectivity index (χ0) is 28.2. The minimum Gasteiger partial charge on any atom is -0.493 e. The van der Waals surface area contributed by atoms with E-state index in [1.807, 2.05) is 6.92 Å². The number of pyridine rings is 1. The van der Waals surface area contributed by atoms with Crippen molar-refractivity contribution in [2.45, 2.75) is 91.9 Å². The summed E-state index contributed by atoms with van der Waals surface area (Å²) in [6, 6.07) is 0.545. The van der Waals surface area contributed by atoms with Crippen LogP contribution in [0.1, 0.15) is 84.1 Å². The van der Waals surface area contributed by atoms with Crippen molar-refractivity contribution in [2.24, 2.45) is 17.8 Å². The largest absolute Gasteiger partial charge is 0.493 e. The second-order valence-corrected chi connectivity index (χ2v) is 10.3. The van der Waals surface area contributed by atoms with Gasteiger partial charge in [0.1, 0.15) is 12.1 Å². The van der Waals surface area contributed by atoms with E-state index in [2.05, 4.69) is 31.1 Å². The minimum atomic E-state index is -0.959. The highest BCUT2D eigenvalue weighted by molar-refractivity contribution is 5.98. The van der Waals surface area contributed by atoms with E-state index in [0.29, 0.717) is 18.4 Å². The van der Waals surface area contributed by atoms with E-state index >= 15 is 0 Å². The predicted octanol–water partition coefficient (Wildman–Crippen LogP) is 4.30. The average Bonchev–Trinajstić information content (AvgIpc) is 3.69. The molecule has 38 heavy (non-hydrogen) atoms. The van der Waals surface area contributed by atoms with Crippen LogP contribution in [-0.2, 0) is 23.8 Å². The smallest absolute Gasteiger partial charge is 0.328 e. The van der Waals surface area contributed by atoms with Gasteiger partial charge in [-0.1, -0.05) is 33.6 Å². The number of nitrogens with zero attached hydrogens (tertiary/aromatic N) is 1. The van der Waals surface area contributed by atoms with Crippen molar-refractivity contribution in [2.75, 3.05) is 20.5 Å². The van der Waals surface area contributed by atoms with Gasteiger partial charge in [0, 0.05) is 25.8 Å². The molecule has 1 fully saturated rings. The Hall–Kier alpha value is -2.88. The molecule has 10 heteroatoms. The Bertz CT molecular complexity index is 918. The number of hydrogen-bond donors (Lipinski definition) is 1.